The Morgan fingerprint density at radius 2 is 2.40 bits per heavy atom. The molecule has 0 amide bonds. The van der Waals surface area contributed by atoms with E-state index in [2.05, 4.69) is 22.3 Å². The summed E-state index contributed by atoms with van der Waals surface area (Å²) in [6.07, 6.45) is 1.89. The summed E-state index contributed by atoms with van der Waals surface area (Å²) in [5.74, 6) is 1.88. The number of benzene rings is 1. The van der Waals surface area contributed by atoms with Crippen molar-refractivity contribution in [3.05, 3.63) is 30.0 Å². The van der Waals surface area contributed by atoms with Crippen LogP contribution < -0.4 is 4.74 Å². The van der Waals surface area contributed by atoms with Crippen LogP contribution in [0, 0.1) is 0 Å². The Labute approximate surface area is 91.8 Å². The molecule has 3 rings (SSSR count). The van der Waals surface area contributed by atoms with Crippen molar-refractivity contribution in [2.75, 3.05) is 7.11 Å². The highest BCUT2D eigenvalue weighted by Crippen LogP contribution is 2.41. The summed E-state index contributed by atoms with van der Waals surface area (Å²) in [7, 11) is 1.69. The Balaban J connectivity index is 2.21. The van der Waals surface area contributed by atoms with Crippen LogP contribution in [0.15, 0.2) is 29.3 Å². The molecule has 0 aliphatic carbocycles. The van der Waals surface area contributed by atoms with Gasteiger partial charge >= 0.3 is 0 Å². The highest BCUT2D eigenvalue weighted by atomic mass is 32.2. The summed E-state index contributed by atoms with van der Waals surface area (Å²) in [5.41, 5.74) is 3.58. The van der Waals surface area contributed by atoms with E-state index in [0.717, 1.165) is 17.2 Å². The molecule has 15 heavy (non-hydrogen) atoms. The number of fused-ring (bicyclic) bond motifs is 3. The maximum atomic E-state index is 5.23. The average molecular weight is 218 g/mol. The van der Waals surface area contributed by atoms with Crippen molar-refractivity contribution in [3.63, 3.8) is 0 Å². The fraction of sp³-hybridized carbons (Fsp3) is 0.182. The first-order valence-electron chi connectivity index (χ1n) is 4.72. The van der Waals surface area contributed by atoms with Gasteiger partial charge in [-0.15, -0.1) is 11.8 Å². The largest absolute Gasteiger partial charge is 0.497 e. The van der Waals surface area contributed by atoms with Crippen molar-refractivity contribution < 1.29 is 4.74 Å². The van der Waals surface area contributed by atoms with E-state index >= 15 is 0 Å². The molecule has 0 radical (unpaired) electrons. The van der Waals surface area contributed by atoms with Crippen LogP contribution in [0.3, 0.4) is 0 Å². The van der Waals surface area contributed by atoms with E-state index in [1.54, 1.807) is 7.11 Å². The smallest absolute Gasteiger partial charge is 0.119 e. The number of rotatable bonds is 1. The number of nitrogens with one attached hydrogen (secondary N) is 1. The van der Waals surface area contributed by atoms with E-state index < -0.39 is 0 Å². The third-order valence-corrected chi connectivity index (χ3v) is 3.68. The normalized spacial score (nSPS) is 13.1. The van der Waals surface area contributed by atoms with E-state index in [1.165, 1.54) is 16.0 Å². The number of ether oxygens (including phenoxy) is 1. The van der Waals surface area contributed by atoms with Crippen molar-refractivity contribution in [3.8, 4) is 17.0 Å². The van der Waals surface area contributed by atoms with E-state index in [4.69, 9.17) is 4.74 Å². The molecule has 1 N–H and O–H groups in total. The van der Waals surface area contributed by atoms with Crippen LogP contribution in [0.4, 0.5) is 0 Å². The summed E-state index contributed by atoms with van der Waals surface area (Å²) in [6, 6.07) is 6.15. The number of aromatic nitrogens is 2. The van der Waals surface area contributed by atoms with Gasteiger partial charge in [-0.2, -0.15) is 5.10 Å². The van der Waals surface area contributed by atoms with Gasteiger partial charge < -0.3 is 4.74 Å². The first kappa shape index (κ1) is 8.85. The van der Waals surface area contributed by atoms with Gasteiger partial charge in [-0.25, -0.2) is 0 Å². The van der Waals surface area contributed by atoms with Gasteiger partial charge in [0, 0.05) is 21.8 Å². The Bertz CT molecular complexity index is 507. The predicted octanol–water partition coefficient (Wildman–Crippen LogP) is 2.69. The lowest BCUT2D eigenvalue weighted by Crippen LogP contribution is -1.95. The minimum atomic E-state index is 0.886. The number of thioether (sulfide) groups is 1. The van der Waals surface area contributed by atoms with E-state index in [0.29, 0.717) is 0 Å². The Morgan fingerprint density at radius 1 is 1.47 bits per heavy atom. The molecule has 4 heteroatoms. The van der Waals surface area contributed by atoms with Crippen molar-refractivity contribution in [2.24, 2.45) is 0 Å². The maximum Gasteiger partial charge on any atom is 0.119 e. The van der Waals surface area contributed by atoms with Gasteiger partial charge in [-0.1, -0.05) is 0 Å². The molecule has 1 aromatic carbocycles. The first-order valence-corrected chi connectivity index (χ1v) is 5.70. The van der Waals surface area contributed by atoms with Crippen molar-refractivity contribution in [2.45, 2.75) is 10.6 Å². The first-order chi connectivity index (χ1) is 7.38. The van der Waals surface area contributed by atoms with E-state index in [-0.39, 0.29) is 0 Å². The van der Waals surface area contributed by atoms with Crippen LogP contribution in [-0.2, 0) is 5.75 Å². The van der Waals surface area contributed by atoms with E-state index in [1.807, 2.05) is 24.0 Å². The number of aromatic amines is 1. The second-order valence-electron chi connectivity index (χ2n) is 3.42. The molecule has 0 fully saturated rings. The third-order valence-electron chi connectivity index (χ3n) is 2.56. The average Bonchev–Trinajstić information content (AvgIpc) is 2.76. The summed E-state index contributed by atoms with van der Waals surface area (Å²) < 4.78 is 5.23. The monoisotopic (exact) mass is 218 g/mol. The molecule has 0 bridgehead atoms. The number of hydrogen-bond acceptors (Lipinski definition) is 3. The molecule has 76 valence electrons. The molecule has 0 unspecified atom stereocenters. The standard InChI is InChI=1S/C11H10N2OS/c1-14-8-2-3-10-9(4-8)11-7(6-15-10)5-12-13-11/h2-5H,6H2,1H3,(H,12,13). The zero-order chi connectivity index (χ0) is 10.3. The minimum absolute atomic E-state index is 0.886. The number of methoxy groups -OCH3 is 1. The summed E-state index contributed by atoms with van der Waals surface area (Å²) in [5, 5.41) is 7.13. The van der Waals surface area contributed by atoms with E-state index in [9.17, 15) is 0 Å². The van der Waals surface area contributed by atoms with Gasteiger partial charge in [0.05, 0.1) is 19.0 Å². The summed E-state index contributed by atoms with van der Waals surface area (Å²) >= 11 is 1.84. The topological polar surface area (TPSA) is 37.9 Å². The second kappa shape index (κ2) is 3.31. The molecule has 1 aromatic heterocycles. The molecule has 2 heterocycles. The third kappa shape index (κ3) is 1.33. The van der Waals surface area contributed by atoms with Crippen molar-refractivity contribution >= 4 is 11.8 Å². The van der Waals surface area contributed by atoms with Gasteiger partial charge in [0.2, 0.25) is 0 Å². The highest BCUT2D eigenvalue weighted by molar-refractivity contribution is 7.98. The van der Waals surface area contributed by atoms with Crippen LogP contribution in [-0.4, -0.2) is 17.3 Å². The quantitative estimate of drug-likeness (QED) is 0.799. The Hall–Kier alpha value is -1.42. The Kier molecular flexibility index (Phi) is 1.95. The molecule has 1 aliphatic rings. The van der Waals surface area contributed by atoms with Crippen LogP contribution >= 0.6 is 11.8 Å². The van der Waals surface area contributed by atoms with Crippen LogP contribution in [0.2, 0.25) is 0 Å². The molecule has 0 saturated heterocycles. The summed E-state index contributed by atoms with van der Waals surface area (Å²) in [4.78, 5) is 1.28. The van der Waals surface area contributed by atoms with Gasteiger partial charge in [0.15, 0.2) is 0 Å². The molecule has 0 saturated carbocycles. The van der Waals surface area contributed by atoms with Crippen molar-refractivity contribution in [1.82, 2.24) is 10.2 Å². The lowest BCUT2D eigenvalue weighted by Gasteiger charge is -2.15. The van der Waals surface area contributed by atoms with Crippen LogP contribution in [0.5, 0.6) is 5.75 Å². The lowest BCUT2D eigenvalue weighted by atomic mass is 10.1. The van der Waals surface area contributed by atoms with Gasteiger partial charge in [0.1, 0.15) is 5.75 Å². The van der Waals surface area contributed by atoms with Gasteiger partial charge in [-0.05, 0) is 18.2 Å². The minimum Gasteiger partial charge on any atom is -0.497 e. The van der Waals surface area contributed by atoms with Crippen LogP contribution in [0.25, 0.3) is 11.3 Å². The van der Waals surface area contributed by atoms with Gasteiger partial charge in [-0.3, -0.25) is 5.10 Å². The van der Waals surface area contributed by atoms with Crippen LogP contribution in [0.1, 0.15) is 5.56 Å². The summed E-state index contributed by atoms with van der Waals surface area (Å²) in [6.45, 7) is 0. The lowest BCUT2D eigenvalue weighted by molar-refractivity contribution is 0.414. The predicted molar refractivity (Wildman–Crippen MR) is 60.1 cm³/mol. The number of hydrogen-bond donors (Lipinski definition) is 1. The zero-order valence-electron chi connectivity index (χ0n) is 8.28. The number of nitrogens with zero attached hydrogens (tertiary/aromatic N) is 1. The molecule has 3 nitrogen and oxygen atoms in total. The molecular weight excluding hydrogens is 208 g/mol. The number of H-pyrrole nitrogens is 1. The molecule has 1 aliphatic heterocycles. The Morgan fingerprint density at radius 3 is 3.27 bits per heavy atom. The SMILES string of the molecule is COc1ccc2c(c1)-c1[nH]ncc1CS2. The molecule has 2 aromatic rings. The van der Waals surface area contributed by atoms with Crippen molar-refractivity contribution in [1.29, 1.82) is 0 Å². The fourth-order valence-corrected chi connectivity index (χ4v) is 2.78. The maximum absolute atomic E-state index is 5.23. The van der Waals surface area contributed by atoms with Gasteiger partial charge in [0.25, 0.3) is 0 Å². The fourth-order valence-electron chi connectivity index (χ4n) is 1.77. The molecule has 0 spiro atoms. The highest BCUT2D eigenvalue weighted by Gasteiger charge is 2.18. The second-order valence-corrected chi connectivity index (χ2v) is 4.44. The molecular formula is C11H10N2OS. The zero-order valence-corrected chi connectivity index (χ0v) is 9.10. The molecule has 0 atom stereocenters.